The van der Waals surface area contributed by atoms with Crippen LogP contribution in [-0.4, -0.2) is 12.4 Å². The molecule has 3 nitrogen and oxygen atoms in total. The first kappa shape index (κ1) is 8.81. The van der Waals surface area contributed by atoms with Gasteiger partial charge in [-0.1, -0.05) is 0 Å². The van der Waals surface area contributed by atoms with Crippen molar-refractivity contribution in [3.63, 3.8) is 0 Å². The van der Waals surface area contributed by atoms with Crippen LogP contribution in [0.25, 0.3) is 11.0 Å². The summed E-state index contributed by atoms with van der Waals surface area (Å²) in [4.78, 5) is 10.7. The Labute approximate surface area is 81.3 Å². The van der Waals surface area contributed by atoms with Gasteiger partial charge in [-0.3, -0.25) is 4.79 Å². The van der Waals surface area contributed by atoms with Gasteiger partial charge in [0.25, 0.3) is 0 Å². The minimum absolute atomic E-state index is 0.0114. The summed E-state index contributed by atoms with van der Waals surface area (Å²) in [6.07, 6.45) is 1.62. The summed E-state index contributed by atoms with van der Waals surface area (Å²) >= 11 is 0. The topological polar surface area (TPSA) is 39.4 Å². The molecule has 3 heteroatoms. The molecule has 0 aliphatic rings. The molecule has 0 spiro atoms. The molecule has 2 aromatic rings. The van der Waals surface area contributed by atoms with Crippen LogP contribution in [0.1, 0.15) is 6.92 Å². The van der Waals surface area contributed by atoms with Crippen molar-refractivity contribution >= 4 is 16.8 Å². The second-order valence-electron chi connectivity index (χ2n) is 3.11. The van der Waals surface area contributed by atoms with E-state index < -0.39 is 0 Å². The molecule has 0 aliphatic carbocycles. The first-order chi connectivity index (χ1) is 6.75. The van der Waals surface area contributed by atoms with Crippen molar-refractivity contribution in [1.82, 2.24) is 0 Å². The molecule has 0 saturated carbocycles. The molecule has 0 aliphatic heterocycles. The predicted octanol–water partition coefficient (Wildman–Crippen LogP) is 2.40. The Hall–Kier alpha value is -1.77. The zero-order valence-electron chi connectivity index (χ0n) is 7.82. The van der Waals surface area contributed by atoms with Crippen LogP contribution in [-0.2, 0) is 4.79 Å². The van der Waals surface area contributed by atoms with Crippen LogP contribution in [0.15, 0.2) is 34.9 Å². The van der Waals surface area contributed by atoms with Crippen LogP contribution in [0.2, 0.25) is 0 Å². The summed E-state index contributed by atoms with van der Waals surface area (Å²) in [6, 6.07) is 7.32. The molecular formula is C11H10O3. The Kier molecular flexibility index (Phi) is 2.23. The second-order valence-corrected chi connectivity index (χ2v) is 3.11. The molecule has 0 atom stereocenters. The van der Waals surface area contributed by atoms with Crippen molar-refractivity contribution in [2.24, 2.45) is 0 Å². The summed E-state index contributed by atoms with van der Waals surface area (Å²) in [5, 5.41) is 0.978. The SMILES string of the molecule is CC(=O)COc1ccc2occc2c1. The predicted molar refractivity (Wildman–Crippen MR) is 52.4 cm³/mol. The number of carbonyl (C=O) groups excluding carboxylic acids is 1. The number of ether oxygens (including phenoxy) is 1. The average Bonchev–Trinajstić information content (AvgIpc) is 2.61. The largest absolute Gasteiger partial charge is 0.486 e. The molecule has 1 aromatic heterocycles. The highest BCUT2D eigenvalue weighted by Crippen LogP contribution is 2.21. The Morgan fingerprint density at radius 2 is 2.29 bits per heavy atom. The fraction of sp³-hybridized carbons (Fsp3) is 0.182. The van der Waals surface area contributed by atoms with Gasteiger partial charge in [0.05, 0.1) is 6.26 Å². The molecule has 0 fully saturated rings. The Morgan fingerprint density at radius 1 is 1.43 bits per heavy atom. The molecule has 0 unspecified atom stereocenters. The normalized spacial score (nSPS) is 10.4. The first-order valence-corrected chi connectivity index (χ1v) is 4.35. The maximum Gasteiger partial charge on any atom is 0.167 e. The number of fused-ring (bicyclic) bond motifs is 1. The summed E-state index contributed by atoms with van der Waals surface area (Å²) in [5.74, 6) is 0.700. The van der Waals surface area contributed by atoms with Gasteiger partial charge in [-0.05, 0) is 31.2 Å². The summed E-state index contributed by atoms with van der Waals surface area (Å²) < 4.78 is 10.4. The Balaban J connectivity index is 2.21. The van der Waals surface area contributed by atoms with Crippen LogP contribution < -0.4 is 4.74 Å². The number of furan rings is 1. The second kappa shape index (κ2) is 3.54. The molecule has 0 radical (unpaired) electrons. The third-order valence-corrected chi connectivity index (χ3v) is 1.87. The van der Waals surface area contributed by atoms with Gasteiger partial charge in [0.1, 0.15) is 17.9 Å². The van der Waals surface area contributed by atoms with E-state index in [0.717, 1.165) is 11.0 Å². The van der Waals surface area contributed by atoms with Crippen molar-refractivity contribution in [3.8, 4) is 5.75 Å². The molecule has 72 valence electrons. The van der Waals surface area contributed by atoms with E-state index in [0.29, 0.717) is 5.75 Å². The van der Waals surface area contributed by atoms with Crippen LogP contribution in [0.5, 0.6) is 5.75 Å². The fourth-order valence-corrected chi connectivity index (χ4v) is 1.22. The van der Waals surface area contributed by atoms with Crippen LogP contribution >= 0.6 is 0 Å². The number of hydrogen-bond donors (Lipinski definition) is 0. The van der Waals surface area contributed by atoms with E-state index in [1.165, 1.54) is 6.92 Å². The van der Waals surface area contributed by atoms with E-state index in [9.17, 15) is 4.79 Å². The lowest BCUT2D eigenvalue weighted by Gasteiger charge is -2.02. The zero-order valence-corrected chi connectivity index (χ0v) is 7.82. The molecular weight excluding hydrogens is 180 g/mol. The summed E-state index contributed by atoms with van der Waals surface area (Å²) in [6.45, 7) is 1.61. The summed E-state index contributed by atoms with van der Waals surface area (Å²) in [7, 11) is 0. The van der Waals surface area contributed by atoms with Gasteiger partial charge in [-0.2, -0.15) is 0 Å². The third-order valence-electron chi connectivity index (χ3n) is 1.87. The number of ketones is 1. The van der Waals surface area contributed by atoms with E-state index in [1.807, 2.05) is 18.2 Å². The number of benzene rings is 1. The van der Waals surface area contributed by atoms with Crippen LogP contribution in [0.4, 0.5) is 0 Å². The number of Topliss-reactive ketones (excluding diaryl/α,β-unsaturated/α-hetero) is 1. The molecule has 0 N–H and O–H groups in total. The molecule has 1 aromatic carbocycles. The van der Waals surface area contributed by atoms with Crippen molar-refractivity contribution < 1.29 is 13.9 Å². The third kappa shape index (κ3) is 1.76. The highest BCUT2D eigenvalue weighted by atomic mass is 16.5. The van der Waals surface area contributed by atoms with E-state index in [4.69, 9.17) is 9.15 Å². The van der Waals surface area contributed by atoms with Gasteiger partial charge in [-0.25, -0.2) is 0 Å². The van der Waals surface area contributed by atoms with Gasteiger partial charge >= 0.3 is 0 Å². The van der Waals surface area contributed by atoms with E-state index in [2.05, 4.69) is 0 Å². The quantitative estimate of drug-likeness (QED) is 0.746. The van der Waals surface area contributed by atoms with Gasteiger partial charge in [0.15, 0.2) is 5.78 Å². The molecule has 1 heterocycles. The monoisotopic (exact) mass is 190 g/mol. The lowest BCUT2D eigenvalue weighted by atomic mass is 10.2. The van der Waals surface area contributed by atoms with Crippen molar-refractivity contribution in [2.45, 2.75) is 6.92 Å². The first-order valence-electron chi connectivity index (χ1n) is 4.35. The summed E-state index contributed by atoms with van der Waals surface area (Å²) in [5.41, 5.74) is 0.820. The highest BCUT2D eigenvalue weighted by Gasteiger charge is 2.00. The number of rotatable bonds is 3. The highest BCUT2D eigenvalue weighted by molar-refractivity contribution is 5.79. The molecule has 14 heavy (non-hydrogen) atoms. The average molecular weight is 190 g/mol. The smallest absolute Gasteiger partial charge is 0.167 e. The van der Waals surface area contributed by atoms with Crippen LogP contribution in [0.3, 0.4) is 0 Å². The molecule has 2 rings (SSSR count). The maximum atomic E-state index is 10.7. The Bertz CT molecular complexity index is 456. The van der Waals surface area contributed by atoms with Crippen molar-refractivity contribution in [3.05, 3.63) is 30.5 Å². The van der Waals surface area contributed by atoms with Gasteiger partial charge in [-0.15, -0.1) is 0 Å². The lowest BCUT2D eigenvalue weighted by Crippen LogP contribution is -2.06. The van der Waals surface area contributed by atoms with Gasteiger partial charge < -0.3 is 9.15 Å². The van der Waals surface area contributed by atoms with Crippen LogP contribution in [0, 0.1) is 0 Å². The molecule has 0 saturated heterocycles. The fourth-order valence-electron chi connectivity index (χ4n) is 1.22. The maximum absolute atomic E-state index is 10.7. The molecule has 0 amide bonds. The zero-order chi connectivity index (χ0) is 9.97. The van der Waals surface area contributed by atoms with E-state index in [-0.39, 0.29) is 12.4 Å². The lowest BCUT2D eigenvalue weighted by molar-refractivity contribution is -0.118. The standard InChI is InChI=1S/C11H10O3/c1-8(12)7-14-10-2-3-11-9(6-10)4-5-13-11/h2-6H,7H2,1H3. The molecule has 0 bridgehead atoms. The Morgan fingerprint density at radius 3 is 3.07 bits per heavy atom. The van der Waals surface area contributed by atoms with E-state index in [1.54, 1.807) is 12.3 Å². The van der Waals surface area contributed by atoms with Gasteiger partial charge in [0, 0.05) is 5.39 Å². The van der Waals surface area contributed by atoms with Gasteiger partial charge in [0.2, 0.25) is 0 Å². The number of hydrogen-bond acceptors (Lipinski definition) is 3. The van der Waals surface area contributed by atoms with E-state index >= 15 is 0 Å². The number of carbonyl (C=O) groups is 1. The van der Waals surface area contributed by atoms with Crippen molar-refractivity contribution in [1.29, 1.82) is 0 Å². The van der Waals surface area contributed by atoms with Crippen molar-refractivity contribution in [2.75, 3.05) is 6.61 Å². The minimum Gasteiger partial charge on any atom is -0.486 e. The minimum atomic E-state index is 0.0114.